The van der Waals surface area contributed by atoms with E-state index in [0.29, 0.717) is 6.54 Å². The van der Waals surface area contributed by atoms with Gasteiger partial charge >= 0.3 is 5.97 Å². The highest BCUT2D eigenvalue weighted by molar-refractivity contribution is 5.92. The SMILES string of the molecule is CN(C)C(=O)C1(CNC(=O)[C@@H]2[C@H](C(=O)O)C2(C)C)CCCC1. The van der Waals surface area contributed by atoms with E-state index >= 15 is 0 Å². The van der Waals surface area contributed by atoms with Gasteiger partial charge in [0.2, 0.25) is 11.8 Å². The molecule has 2 amide bonds. The van der Waals surface area contributed by atoms with Gasteiger partial charge in [-0.15, -0.1) is 0 Å². The van der Waals surface area contributed by atoms with Crippen LogP contribution in [0.25, 0.3) is 0 Å². The summed E-state index contributed by atoms with van der Waals surface area (Å²) in [6, 6.07) is 0. The van der Waals surface area contributed by atoms with E-state index in [4.69, 9.17) is 5.11 Å². The molecule has 2 aliphatic carbocycles. The minimum Gasteiger partial charge on any atom is -0.481 e. The molecule has 2 fully saturated rings. The average Bonchev–Trinajstić information content (AvgIpc) is 2.81. The van der Waals surface area contributed by atoms with Crippen LogP contribution in [0.3, 0.4) is 0 Å². The lowest BCUT2D eigenvalue weighted by Gasteiger charge is -2.30. The van der Waals surface area contributed by atoms with Crippen LogP contribution < -0.4 is 5.32 Å². The first-order valence-corrected chi connectivity index (χ1v) is 7.86. The summed E-state index contributed by atoms with van der Waals surface area (Å²) >= 11 is 0. The standard InChI is InChI=1S/C16H26N2O4/c1-15(2)10(11(15)13(20)21)12(19)17-9-16(7-5-6-8-16)14(22)18(3)4/h10-11H,5-9H2,1-4H3,(H,17,19)(H,20,21)/t10-,11+/m0/s1. The van der Waals surface area contributed by atoms with E-state index in [9.17, 15) is 14.4 Å². The van der Waals surface area contributed by atoms with Crippen molar-refractivity contribution in [2.45, 2.75) is 39.5 Å². The number of aliphatic carboxylic acids is 1. The Morgan fingerprint density at radius 1 is 1.14 bits per heavy atom. The van der Waals surface area contributed by atoms with Crippen molar-refractivity contribution in [2.75, 3.05) is 20.6 Å². The van der Waals surface area contributed by atoms with E-state index in [1.165, 1.54) is 0 Å². The lowest BCUT2D eigenvalue weighted by molar-refractivity contribution is -0.141. The van der Waals surface area contributed by atoms with Crippen LogP contribution in [0.15, 0.2) is 0 Å². The van der Waals surface area contributed by atoms with Crippen LogP contribution in [-0.2, 0) is 14.4 Å². The molecule has 0 saturated heterocycles. The van der Waals surface area contributed by atoms with Crippen LogP contribution in [0.5, 0.6) is 0 Å². The predicted molar refractivity (Wildman–Crippen MR) is 81.0 cm³/mol. The molecule has 0 bridgehead atoms. The highest BCUT2D eigenvalue weighted by Gasteiger charge is 2.66. The van der Waals surface area contributed by atoms with Crippen molar-refractivity contribution in [3.63, 3.8) is 0 Å². The average molecular weight is 310 g/mol. The Balaban J connectivity index is 2.01. The molecule has 124 valence electrons. The zero-order valence-corrected chi connectivity index (χ0v) is 13.8. The minimum atomic E-state index is -0.926. The third-order valence-electron chi connectivity index (χ3n) is 5.40. The minimum absolute atomic E-state index is 0.0511. The van der Waals surface area contributed by atoms with Gasteiger partial charge in [0.05, 0.1) is 17.3 Å². The summed E-state index contributed by atoms with van der Waals surface area (Å²) in [7, 11) is 3.46. The molecule has 2 rings (SSSR count). The molecule has 2 aliphatic rings. The van der Waals surface area contributed by atoms with Gasteiger partial charge in [-0.1, -0.05) is 26.7 Å². The Morgan fingerprint density at radius 3 is 2.09 bits per heavy atom. The van der Waals surface area contributed by atoms with E-state index in [2.05, 4.69) is 5.32 Å². The number of nitrogens with zero attached hydrogens (tertiary/aromatic N) is 1. The van der Waals surface area contributed by atoms with Crippen molar-refractivity contribution >= 4 is 17.8 Å². The van der Waals surface area contributed by atoms with Crippen LogP contribution in [0.4, 0.5) is 0 Å². The van der Waals surface area contributed by atoms with E-state index in [0.717, 1.165) is 25.7 Å². The van der Waals surface area contributed by atoms with Crippen molar-refractivity contribution < 1.29 is 19.5 Å². The number of nitrogens with one attached hydrogen (secondary N) is 1. The fraction of sp³-hybridized carbons (Fsp3) is 0.812. The second-order valence-corrected chi connectivity index (χ2v) is 7.52. The second-order valence-electron chi connectivity index (χ2n) is 7.52. The summed E-state index contributed by atoms with van der Waals surface area (Å²) in [5.41, 5.74) is -1.03. The summed E-state index contributed by atoms with van der Waals surface area (Å²) in [6.45, 7) is 3.90. The maximum absolute atomic E-state index is 12.4. The van der Waals surface area contributed by atoms with Crippen LogP contribution in [-0.4, -0.2) is 48.4 Å². The largest absolute Gasteiger partial charge is 0.481 e. The Hall–Kier alpha value is -1.59. The Morgan fingerprint density at radius 2 is 1.68 bits per heavy atom. The number of hydrogen-bond donors (Lipinski definition) is 2. The summed E-state index contributed by atoms with van der Waals surface area (Å²) in [6.07, 6.45) is 3.53. The molecule has 22 heavy (non-hydrogen) atoms. The van der Waals surface area contributed by atoms with E-state index in [-0.39, 0.29) is 11.8 Å². The quantitative estimate of drug-likeness (QED) is 0.796. The van der Waals surface area contributed by atoms with Gasteiger partial charge in [0.1, 0.15) is 0 Å². The number of carboxylic acids is 1. The van der Waals surface area contributed by atoms with Crippen molar-refractivity contribution in [3.05, 3.63) is 0 Å². The Labute approximate surface area is 131 Å². The van der Waals surface area contributed by atoms with Crippen LogP contribution in [0.1, 0.15) is 39.5 Å². The number of rotatable bonds is 5. The van der Waals surface area contributed by atoms with Crippen molar-refractivity contribution in [3.8, 4) is 0 Å². The van der Waals surface area contributed by atoms with Crippen LogP contribution in [0.2, 0.25) is 0 Å². The van der Waals surface area contributed by atoms with E-state index in [1.807, 2.05) is 0 Å². The molecule has 0 radical (unpaired) electrons. The first-order chi connectivity index (χ1) is 10.1. The number of amides is 2. The van der Waals surface area contributed by atoms with Gasteiger partial charge in [0.15, 0.2) is 0 Å². The molecule has 0 aromatic heterocycles. The molecule has 0 aliphatic heterocycles. The predicted octanol–water partition coefficient (Wildman–Crippen LogP) is 1.11. The molecular formula is C16H26N2O4. The molecular weight excluding hydrogens is 284 g/mol. The van der Waals surface area contributed by atoms with Gasteiger partial charge in [-0.2, -0.15) is 0 Å². The third-order valence-corrected chi connectivity index (χ3v) is 5.40. The zero-order chi connectivity index (χ0) is 16.7. The molecule has 0 heterocycles. The topological polar surface area (TPSA) is 86.7 Å². The fourth-order valence-electron chi connectivity index (χ4n) is 3.95. The Kier molecular flexibility index (Phi) is 4.24. The third kappa shape index (κ3) is 2.71. The summed E-state index contributed by atoms with van der Waals surface area (Å²) in [5.74, 6) is -2.25. The lowest BCUT2D eigenvalue weighted by Crippen LogP contribution is -2.47. The number of carbonyl (C=O) groups is 3. The molecule has 6 heteroatoms. The molecule has 2 N–H and O–H groups in total. The maximum atomic E-state index is 12.4. The van der Waals surface area contributed by atoms with E-state index in [1.54, 1.807) is 32.8 Å². The monoisotopic (exact) mass is 310 g/mol. The van der Waals surface area contributed by atoms with Crippen molar-refractivity contribution in [1.29, 1.82) is 0 Å². The van der Waals surface area contributed by atoms with Gasteiger partial charge in [-0.05, 0) is 18.3 Å². The zero-order valence-electron chi connectivity index (χ0n) is 13.8. The van der Waals surface area contributed by atoms with Gasteiger partial charge in [-0.3, -0.25) is 14.4 Å². The molecule has 0 spiro atoms. The summed E-state index contributed by atoms with van der Waals surface area (Å²) < 4.78 is 0. The molecule has 0 unspecified atom stereocenters. The second kappa shape index (κ2) is 5.56. The molecule has 0 aromatic rings. The normalized spacial score (nSPS) is 28.0. The molecule has 2 atom stereocenters. The number of carbonyl (C=O) groups excluding carboxylic acids is 2. The van der Waals surface area contributed by atoms with Gasteiger partial charge < -0.3 is 15.3 Å². The molecule has 6 nitrogen and oxygen atoms in total. The highest BCUT2D eigenvalue weighted by Crippen LogP contribution is 2.58. The van der Waals surface area contributed by atoms with Crippen molar-refractivity contribution in [1.82, 2.24) is 10.2 Å². The summed E-state index contributed by atoms with van der Waals surface area (Å²) in [5, 5.41) is 12.0. The smallest absolute Gasteiger partial charge is 0.307 e. The van der Waals surface area contributed by atoms with Crippen LogP contribution in [0, 0.1) is 22.7 Å². The van der Waals surface area contributed by atoms with E-state index < -0.39 is 28.6 Å². The first-order valence-electron chi connectivity index (χ1n) is 7.86. The fourth-order valence-corrected chi connectivity index (χ4v) is 3.95. The van der Waals surface area contributed by atoms with Gasteiger partial charge in [0.25, 0.3) is 0 Å². The van der Waals surface area contributed by atoms with Gasteiger partial charge in [-0.25, -0.2) is 0 Å². The van der Waals surface area contributed by atoms with Crippen LogP contribution >= 0.6 is 0 Å². The lowest BCUT2D eigenvalue weighted by atomic mass is 9.84. The first kappa shape index (κ1) is 16.8. The number of carboxylic acid groups (broad SMARTS) is 1. The summed E-state index contributed by atoms with van der Waals surface area (Å²) in [4.78, 5) is 37.5. The van der Waals surface area contributed by atoms with Crippen molar-refractivity contribution in [2.24, 2.45) is 22.7 Å². The number of hydrogen-bond acceptors (Lipinski definition) is 3. The molecule has 2 saturated carbocycles. The Bertz CT molecular complexity index is 492. The molecule has 0 aromatic carbocycles. The maximum Gasteiger partial charge on any atom is 0.307 e. The highest BCUT2D eigenvalue weighted by atomic mass is 16.4. The van der Waals surface area contributed by atoms with Gasteiger partial charge in [0, 0.05) is 20.6 Å².